The molecule has 7 heteroatoms. The maximum Gasteiger partial charge on any atom is 0.181 e. The van der Waals surface area contributed by atoms with Crippen molar-refractivity contribution in [3.8, 4) is 17.2 Å². The smallest absolute Gasteiger partial charge is 0.181 e. The molecule has 6 nitrogen and oxygen atoms in total. The first kappa shape index (κ1) is 17.3. The van der Waals surface area contributed by atoms with Gasteiger partial charge in [-0.2, -0.15) is 4.68 Å². The molecule has 0 aliphatic carbocycles. The highest BCUT2D eigenvalue weighted by Gasteiger charge is 2.28. The van der Waals surface area contributed by atoms with Crippen molar-refractivity contribution in [1.29, 1.82) is 0 Å². The summed E-state index contributed by atoms with van der Waals surface area (Å²) in [4.78, 5) is 8.92. The Morgan fingerprint density at radius 1 is 1.12 bits per heavy atom. The number of pyridine rings is 1. The molecule has 0 N–H and O–H groups in total. The van der Waals surface area contributed by atoms with Crippen LogP contribution in [0.25, 0.3) is 17.2 Å². The summed E-state index contributed by atoms with van der Waals surface area (Å²) < 4.78 is 26.4. The highest BCUT2D eigenvalue weighted by Crippen LogP contribution is 2.27. The molecule has 0 bridgehead atoms. The zero-order valence-corrected chi connectivity index (χ0v) is 15.2. The summed E-state index contributed by atoms with van der Waals surface area (Å²) in [7, 11) is -3.31. The van der Waals surface area contributed by atoms with Gasteiger partial charge in [0.15, 0.2) is 27.3 Å². The molecule has 0 fully saturated rings. The summed E-state index contributed by atoms with van der Waals surface area (Å²) >= 11 is 0. The fraction of sp³-hybridized carbons (Fsp3) is 0.278. The van der Waals surface area contributed by atoms with E-state index in [0.29, 0.717) is 17.5 Å². The van der Waals surface area contributed by atoms with Gasteiger partial charge < -0.3 is 0 Å². The molecule has 1 unspecified atom stereocenters. The normalized spacial score (nSPS) is 12.9. The molecule has 0 aliphatic rings. The van der Waals surface area contributed by atoms with Crippen molar-refractivity contribution in [2.75, 3.05) is 5.75 Å². The van der Waals surface area contributed by atoms with Crippen LogP contribution >= 0.6 is 0 Å². The Labute approximate surface area is 147 Å². The number of aromatic nitrogens is 4. The number of nitrogens with zero attached hydrogens (tertiary/aromatic N) is 4. The standard InChI is InChI=1S/C18H20N4O2S/c1-4-25(23,24)14(3)18-20-16(15-10-6-5-7-11-15)21-22(18)17-13(2)9-8-12-19-17/h5-12,14H,4H2,1-3H3. The van der Waals surface area contributed by atoms with Crippen LogP contribution < -0.4 is 0 Å². The second-order valence-corrected chi connectivity index (χ2v) is 8.42. The van der Waals surface area contributed by atoms with E-state index in [1.54, 1.807) is 24.7 Å². The summed E-state index contributed by atoms with van der Waals surface area (Å²) in [6.45, 7) is 5.19. The number of hydrogen-bond donors (Lipinski definition) is 0. The number of aryl methyl sites for hydroxylation is 1. The summed E-state index contributed by atoms with van der Waals surface area (Å²) in [5, 5.41) is 3.78. The van der Waals surface area contributed by atoms with Crippen LogP contribution in [0, 0.1) is 6.92 Å². The predicted octanol–water partition coefficient (Wildman–Crippen LogP) is 3.13. The van der Waals surface area contributed by atoms with Gasteiger partial charge in [0.2, 0.25) is 0 Å². The zero-order valence-electron chi connectivity index (χ0n) is 14.4. The highest BCUT2D eigenvalue weighted by atomic mass is 32.2. The number of rotatable bonds is 5. The van der Waals surface area contributed by atoms with Crippen LogP contribution in [0.5, 0.6) is 0 Å². The molecule has 3 rings (SSSR count). The summed E-state index contributed by atoms with van der Waals surface area (Å²) in [6, 6.07) is 13.2. The van der Waals surface area contributed by atoms with E-state index in [-0.39, 0.29) is 5.75 Å². The minimum Gasteiger partial charge on any atom is -0.237 e. The van der Waals surface area contributed by atoms with Gasteiger partial charge in [0.25, 0.3) is 0 Å². The fourth-order valence-corrected chi connectivity index (χ4v) is 3.54. The van der Waals surface area contributed by atoms with Gasteiger partial charge in [0.05, 0.1) is 0 Å². The second-order valence-electron chi connectivity index (χ2n) is 5.81. The van der Waals surface area contributed by atoms with E-state index in [1.807, 2.05) is 49.4 Å². The van der Waals surface area contributed by atoms with Crippen LogP contribution in [0.2, 0.25) is 0 Å². The molecule has 0 radical (unpaired) electrons. The Balaban J connectivity index is 2.22. The van der Waals surface area contributed by atoms with E-state index >= 15 is 0 Å². The Morgan fingerprint density at radius 3 is 2.48 bits per heavy atom. The molecule has 2 heterocycles. The Kier molecular flexibility index (Phi) is 4.67. The molecule has 1 aromatic carbocycles. The fourth-order valence-electron chi connectivity index (χ4n) is 2.56. The van der Waals surface area contributed by atoms with Gasteiger partial charge in [-0.1, -0.05) is 43.3 Å². The quantitative estimate of drug-likeness (QED) is 0.702. The maximum absolute atomic E-state index is 12.4. The molecule has 25 heavy (non-hydrogen) atoms. The molecule has 3 aromatic rings. The van der Waals surface area contributed by atoms with E-state index in [9.17, 15) is 8.42 Å². The molecule has 130 valence electrons. The lowest BCUT2D eigenvalue weighted by Gasteiger charge is -2.13. The van der Waals surface area contributed by atoms with Crippen molar-refractivity contribution in [2.24, 2.45) is 0 Å². The first-order valence-corrected chi connectivity index (χ1v) is 9.81. The first-order chi connectivity index (χ1) is 11.9. The molecule has 0 amide bonds. The number of benzene rings is 1. The third-order valence-electron chi connectivity index (χ3n) is 4.15. The lowest BCUT2D eigenvalue weighted by atomic mass is 10.2. The van der Waals surface area contributed by atoms with Crippen LogP contribution in [0.4, 0.5) is 0 Å². The van der Waals surface area contributed by atoms with Crippen LogP contribution in [0.1, 0.15) is 30.5 Å². The molecule has 2 aromatic heterocycles. The van der Waals surface area contributed by atoms with Crippen LogP contribution in [-0.2, 0) is 9.84 Å². The van der Waals surface area contributed by atoms with Crippen LogP contribution in [0.15, 0.2) is 48.7 Å². The Morgan fingerprint density at radius 2 is 1.84 bits per heavy atom. The highest BCUT2D eigenvalue weighted by molar-refractivity contribution is 7.91. The Hall–Kier alpha value is -2.54. The monoisotopic (exact) mass is 356 g/mol. The van der Waals surface area contributed by atoms with Crippen molar-refractivity contribution < 1.29 is 8.42 Å². The van der Waals surface area contributed by atoms with Gasteiger partial charge in [0, 0.05) is 17.5 Å². The third-order valence-corrected chi connectivity index (χ3v) is 6.24. The van der Waals surface area contributed by atoms with Gasteiger partial charge in [0.1, 0.15) is 5.25 Å². The largest absolute Gasteiger partial charge is 0.237 e. The lowest BCUT2D eigenvalue weighted by Crippen LogP contribution is -2.18. The number of sulfone groups is 1. The third kappa shape index (κ3) is 3.32. The molecular weight excluding hydrogens is 336 g/mol. The van der Waals surface area contributed by atoms with E-state index in [4.69, 9.17) is 0 Å². The summed E-state index contributed by atoms with van der Waals surface area (Å²) in [5.74, 6) is 1.50. The minimum absolute atomic E-state index is 0.0445. The van der Waals surface area contributed by atoms with Crippen molar-refractivity contribution in [3.63, 3.8) is 0 Å². The summed E-state index contributed by atoms with van der Waals surface area (Å²) in [5.41, 5.74) is 1.73. The molecular formula is C18H20N4O2S. The van der Waals surface area contributed by atoms with Crippen molar-refractivity contribution in [1.82, 2.24) is 19.7 Å². The zero-order chi connectivity index (χ0) is 18.0. The van der Waals surface area contributed by atoms with E-state index in [2.05, 4.69) is 15.1 Å². The van der Waals surface area contributed by atoms with Crippen molar-refractivity contribution in [2.45, 2.75) is 26.0 Å². The maximum atomic E-state index is 12.4. The first-order valence-electron chi connectivity index (χ1n) is 8.10. The van der Waals surface area contributed by atoms with Crippen molar-refractivity contribution >= 4 is 9.84 Å². The average molecular weight is 356 g/mol. The molecule has 1 atom stereocenters. The van der Waals surface area contributed by atoms with Crippen molar-refractivity contribution in [3.05, 3.63) is 60.0 Å². The number of hydrogen-bond acceptors (Lipinski definition) is 5. The van der Waals surface area contributed by atoms with E-state index in [1.165, 1.54) is 0 Å². The average Bonchev–Trinajstić information content (AvgIpc) is 3.07. The van der Waals surface area contributed by atoms with Gasteiger partial charge in [-0.25, -0.2) is 18.4 Å². The Bertz CT molecular complexity index is 981. The van der Waals surface area contributed by atoms with E-state index in [0.717, 1.165) is 11.1 Å². The summed E-state index contributed by atoms with van der Waals surface area (Å²) in [6.07, 6.45) is 1.66. The van der Waals surface area contributed by atoms with Crippen LogP contribution in [0.3, 0.4) is 0 Å². The lowest BCUT2D eigenvalue weighted by molar-refractivity contribution is 0.581. The van der Waals surface area contributed by atoms with Gasteiger partial charge >= 0.3 is 0 Å². The topological polar surface area (TPSA) is 77.7 Å². The predicted molar refractivity (Wildman–Crippen MR) is 97.2 cm³/mol. The minimum atomic E-state index is -3.31. The van der Waals surface area contributed by atoms with Crippen LogP contribution in [-0.4, -0.2) is 33.9 Å². The second kappa shape index (κ2) is 6.76. The SMILES string of the molecule is CCS(=O)(=O)C(C)c1nc(-c2ccccc2)nn1-c1ncccc1C. The van der Waals surface area contributed by atoms with Gasteiger partial charge in [-0.3, -0.25) is 0 Å². The van der Waals surface area contributed by atoms with Gasteiger partial charge in [-0.05, 0) is 25.5 Å². The molecule has 0 saturated carbocycles. The van der Waals surface area contributed by atoms with Gasteiger partial charge in [-0.15, -0.1) is 5.10 Å². The molecule has 0 aliphatic heterocycles. The van der Waals surface area contributed by atoms with E-state index < -0.39 is 15.1 Å². The molecule has 0 spiro atoms. The molecule has 0 saturated heterocycles.